The average Bonchev–Trinajstić information content (AvgIpc) is 2.61. The molecule has 0 bridgehead atoms. The molecule has 1 aromatic heterocycles. The highest BCUT2D eigenvalue weighted by molar-refractivity contribution is 7.77. The predicted molar refractivity (Wildman–Crippen MR) is 99.4 cm³/mol. The Labute approximate surface area is 154 Å². The molecule has 1 saturated heterocycles. The first kappa shape index (κ1) is 18.3. The topological polar surface area (TPSA) is 87.6 Å². The number of nitrogens with zero attached hydrogens (tertiary/aromatic N) is 3. The van der Waals surface area contributed by atoms with Crippen LogP contribution in [0.15, 0.2) is 18.5 Å². The normalized spacial score (nSPS) is 17.0. The summed E-state index contributed by atoms with van der Waals surface area (Å²) < 4.78 is 27.2. The number of piperidine rings is 1. The van der Waals surface area contributed by atoms with E-state index in [9.17, 15) is 4.21 Å². The Morgan fingerprint density at radius 3 is 2.84 bits per heavy atom. The number of hydrogen-bond acceptors (Lipinski definition) is 5. The van der Waals surface area contributed by atoms with E-state index in [-0.39, 0.29) is 0 Å². The van der Waals surface area contributed by atoms with E-state index in [0.29, 0.717) is 23.2 Å². The van der Waals surface area contributed by atoms with Gasteiger partial charge in [0.1, 0.15) is 17.9 Å². The molecular weight excluding hydrogens is 364 g/mol. The number of halogens is 1. The van der Waals surface area contributed by atoms with Crippen molar-refractivity contribution in [2.45, 2.75) is 19.3 Å². The predicted octanol–water partition coefficient (Wildman–Crippen LogP) is 2.62. The van der Waals surface area contributed by atoms with Crippen molar-refractivity contribution >= 4 is 39.6 Å². The summed E-state index contributed by atoms with van der Waals surface area (Å²) in [5.74, 6) is 2.04. The second-order valence-electron chi connectivity index (χ2n) is 6.06. The highest BCUT2D eigenvalue weighted by atomic mass is 35.5. The van der Waals surface area contributed by atoms with Crippen LogP contribution in [0.1, 0.15) is 19.3 Å². The molecule has 1 fully saturated rings. The molecule has 0 radical (unpaired) electrons. The largest absolute Gasteiger partial charge is 0.495 e. The van der Waals surface area contributed by atoms with Gasteiger partial charge >= 0.3 is 0 Å². The molecule has 136 valence electrons. The van der Waals surface area contributed by atoms with E-state index >= 15 is 0 Å². The lowest BCUT2D eigenvalue weighted by Gasteiger charge is -2.33. The Bertz CT molecular complexity index is 768. The molecular formula is C16H21ClN4O3S. The number of rotatable bonds is 6. The number of methoxy groups -OCH3 is 1. The van der Waals surface area contributed by atoms with E-state index in [4.69, 9.17) is 20.9 Å². The molecule has 2 heterocycles. The lowest BCUT2D eigenvalue weighted by molar-refractivity contribution is 0.380. The van der Waals surface area contributed by atoms with E-state index in [0.717, 1.165) is 49.1 Å². The lowest BCUT2D eigenvalue weighted by Crippen LogP contribution is -2.35. The van der Waals surface area contributed by atoms with Gasteiger partial charge in [-0.1, -0.05) is 11.6 Å². The van der Waals surface area contributed by atoms with Crippen molar-refractivity contribution in [2.75, 3.05) is 31.6 Å². The number of nitrogens with one attached hydrogen (secondary N) is 1. The van der Waals surface area contributed by atoms with Gasteiger partial charge in [0.2, 0.25) is 11.3 Å². The maximum Gasteiger partial charge on any atom is 0.231 e. The minimum atomic E-state index is -1.93. The number of hydrogen-bond donors (Lipinski definition) is 2. The number of ether oxygens (including phenoxy) is 1. The summed E-state index contributed by atoms with van der Waals surface area (Å²) in [5, 5.41) is 1.47. The third-order valence-electron chi connectivity index (χ3n) is 4.58. The van der Waals surface area contributed by atoms with Crippen LogP contribution >= 0.6 is 11.6 Å². The Hall–Kier alpha value is -1.48. The zero-order chi connectivity index (χ0) is 17.8. The molecule has 1 aliphatic rings. The van der Waals surface area contributed by atoms with Crippen molar-refractivity contribution in [2.24, 2.45) is 5.92 Å². The summed E-state index contributed by atoms with van der Waals surface area (Å²) in [5.41, 5.74) is 0.808. The van der Waals surface area contributed by atoms with Crippen LogP contribution in [0.2, 0.25) is 5.02 Å². The molecule has 2 N–H and O–H groups in total. The molecule has 0 saturated carbocycles. The van der Waals surface area contributed by atoms with Gasteiger partial charge < -0.3 is 9.64 Å². The van der Waals surface area contributed by atoms with Crippen molar-refractivity contribution in [1.29, 1.82) is 0 Å². The fourth-order valence-corrected chi connectivity index (χ4v) is 3.77. The fraction of sp³-hybridized carbons (Fsp3) is 0.500. The van der Waals surface area contributed by atoms with Gasteiger partial charge in [-0.25, -0.2) is 18.9 Å². The SMILES string of the molecule is COc1cc2ncnc(N3CCC(CCNS(=O)O)CC3)c2cc1Cl. The van der Waals surface area contributed by atoms with Crippen LogP contribution in [0.25, 0.3) is 10.9 Å². The van der Waals surface area contributed by atoms with Gasteiger partial charge in [-0.2, -0.15) is 0 Å². The summed E-state index contributed by atoms with van der Waals surface area (Å²) in [6.45, 7) is 2.34. The van der Waals surface area contributed by atoms with Crippen LogP contribution < -0.4 is 14.4 Å². The summed E-state index contributed by atoms with van der Waals surface area (Å²) in [6.07, 6.45) is 4.51. The molecule has 9 heteroatoms. The fourth-order valence-electron chi connectivity index (χ4n) is 3.24. The van der Waals surface area contributed by atoms with Crippen LogP contribution in [0.5, 0.6) is 5.75 Å². The first-order chi connectivity index (χ1) is 12.1. The molecule has 0 aliphatic carbocycles. The van der Waals surface area contributed by atoms with Gasteiger partial charge in [-0.15, -0.1) is 0 Å². The smallest absolute Gasteiger partial charge is 0.231 e. The molecule has 7 nitrogen and oxygen atoms in total. The Kier molecular flexibility index (Phi) is 6.06. The maximum absolute atomic E-state index is 10.6. The summed E-state index contributed by atoms with van der Waals surface area (Å²) in [4.78, 5) is 11.0. The van der Waals surface area contributed by atoms with Crippen molar-refractivity contribution in [3.63, 3.8) is 0 Å². The van der Waals surface area contributed by atoms with Crippen LogP contribution in [0, 0.1) is 5.92 Å². The van der Waals surface area contributed by atoms with E-state index in [1.807, 2.05) is 12.1 Å². The Morgan fingerprint density at radius 1 is 1.40 bits per heavy atom. The lowest BCUT2D eigenvalue weighted by atomic mass is 9.93. The molecule has 1 aliphatic heterocycles. The van der Waals surface area contributed by atoms with Crippen molar-refractivity contribution in [3.05, 3.63) is 23.5 Å². The third kappa shape index (κ3) is 4.38. The quantitative estimate of drug-likeness (QED) is 0.744. The second-order valence-corrected chi connectivity index (χ2v) is 7.26. The van der Waals surface area contributed by atoms with Gasteiger partial charge in [0.15, 0.2) is 0 Å². The standard InChI is InChI=1S/C16H21ClN4O3S/c1-24-15-9-14-12(8-13(15)17)16(19-10-18-14)21-6-3-11(4-7-21)2-5-20-25(22)23/h8-11,20H,2-7H2,1H3,(H,22,23). The van der Waals surface area contributed by atoms with Crippen molar-refractivity contribution in [1.82, 2.24) is 14.7 Å². The zero-order valence-electron chi connectivity index (χ0n) is 13.9. The van der Waals surface area contributed by atoms with Crippen LogP contribution in [-0.2, 0) is 11.3 Å². The minimum absolute atomic E-state index is 0.545. The first-order valence-electron chi connectivity index (χ1n) is 8.16. The van der Waals surface area contributed by atoms with Gasteiger partial charge in [0.25, 0.3) is 0 Å². The molecule has 0 amide bonds. The number of aromatic nitrogens is 2. The zero-order valence-corrected chi connectivity index (χ0v) is 15.5. The number of benzene rings is 1. The maximum atomic E-state index is 10.6. The highest BCUT2D eigenvalue weighted by Gasteiger charge is 2.22. The van der Waals surface area contributed by atoms with Crippen molar-refractivity contribution < 1.29 is 13.5 Å². The van der Waals surface area contributed by atoms with Crippen molar-refractivity contribution in [3.8, 4) is 5.75 Å². The van der Waals surface area contributed by atoms with Crippen LogP contribution in [-0.4, -0.2) is 45.5 Å². The summed E-state index contributed by atoms with van der Waals surface area (Å²) in [6, 6.07) is 3.69. The Morgan fingerprint density at radius 2 is 2.16 bits per heavy atom. The van der Waals surface area contributed by atoms with Crippen LogP contribution in [0.3, 0.4) is 0 Å². The van der Waals surface area contributed by atoms with E-state index < -0.39 is 11.3 Å². The molecule has 2 aromatic rings. The molecule has 0 spiro atoms. The second kappa shape index (κ2) is 8.27. The molecule has 1 atom stereocenters. The van der Waals surface area contributed by atoms with Gasteiger partial charge in [0.05, 0.1) is 17.6 Å². The van der Waals surface area contributed by atoms with E-state index in [1.54, 1.807) is 13.4 Å². The molecule has 1 unspecified atom stereocenters. The first-order valence-corrected chi connectivity index (χ1v) is 9.64. The van der Waals surface area contributed by atoms with Crippen LogP contribution in [0.4, 0.5) is 5.82 Å². The minimum Gasteiger partial charge on any atom is -0.495 e. The van der Waals surface area contributed by atoms with Gasteiger partial charge in [-0.05, 0) is 31.2 Å². The summed E-state index contributed by atoms with van der Waals surface area (Å²) >= 11 is 4.34. The third-order valence-corrected chi connectivity index (χ3v) is 5.33. The number of anilines is 1. The molecule has 25 heavy (non-hydrogen) atoms. The van der Waals surface area contributed by atoms with E-state index in [2.05, 4.69) is 19.6 Å². The average molecular weight is 385 g/mol. The molecule has 1 aromatic carbocycles. The summed E-state index contributed by atoms with van der Waals surface area (Å²) in [7, 11) is 1.58. The number of fused-ring (bicyclic) bond motifs is 1. The van der Waals surface area contributed by atoms with Gasteiger partial charge in [-0.3, -0.25) is 4.55 Å². The Balaban J connectivity index is 1.71. The monoisotopic (exact) mass is 384 g/mol. The van der Waals surface area contributed by atoms with E-state index in [1.165, 1.54) is 0 Å². The molecule has 3 rings (SSSR count). The highest BCUT2D eigenvalue weighted by Crippen LogP contribution is 2.34. The van der Waals surface area contributed by atoms with Gasteiger partial charge in [0, 0.05) is 31.1 Å².